The molecule has 0 saturated heterocycles. The summed E-state index contributed by atoms with van der Waals surface area (Å²) in [6.45, 7) is 10.3. The third kappa shape index (κ3) is 4.16. The van der Waals surface area contributed by atoms with E-state index in [1.165, 1.54) is 5.57 Å². The summed E-state index contributed by atoms with van der Waals surface area (Å²) in [5.41, 5.74) is 1.72. The molecule has 5 nitrogen and oxygen atoms in total. The van der Waals surface area contributed by atoms with Crippen LogP contribution in [0.5, 0.6) is 5.75 Å². The Hall–Kier alpha value is -2.30. The number of benzene rings is 1. The topological polar surface area (TPSA) is 64.6 Å². The molecule has 1 aliphatic rings. The lowest BCUT2D eigenvalue weighted by Gasteiger charge is -2.07. The average Bonchev–Trinajstić information content (AvgIpc) is 3.01. The highest BCUT2D eigenvalue weighted by molar-refractivity contribution is 5.85. The van der Waals surface area contributed by atoms with Gasteiger partial charge in [-0.15, -0.1) is 0 Å². The van der Waals surface area contributed by atoms with Crippen molar-refractivity contribution in [1.29, 1.82) is 0 Å². The summed E-state index contributed by atoms with van der Waals surface area (Å²) in [5, 5.41) is 2.59. The van der Waals surface area contributed by atoms with Crippen LogP contribution < -0.4 is 10.1 Å². The summed E-state index contributed by atoms with van der Waals surface area (Å²) >= 11 is 0. The molecular weight excluding hydrogens is 306 g/mol. The normalized spacial score (nSPS) is 20.7. The van der Waals surface area contributed by atoms with Crippen LogP contribution in [0.25, 0.3) is 0 Å². The van der Waals surface area contributed by atoms with Crippen molar-refractivity contribution in [3.63, 3.8) is 0 Å². The molecule has 1 fully saturated rings. The van der Waals surface area contributed by atoms with E-state index in [4.69, 9.17) is 9.47 Å². The fourth-order valence-corrected chi connectivity index (χ4v) is 2.87. The molecule has 0 aliphatic heterocycles. The zero-order valence-electron chi connectivity index (χ0n) is 14.9. The summed E-state index contributed by atoms with van der Waals surface area (Å²) < 4.78 is 10.3. The minimum atomic E-state index is -0.508. The Kier molecular flexibility index (Phi) is 5.32. The maximum Gasteiger partial charge on any atom is 0.411 e. The first-order valence-electron chi connectivity index (χ1n) is 8.16. The van der Waals surface area contributed by atoms with Crippen LogP contribution >= 0.6 is 0 Å². The van der Waals surface area contributed by atoms with Gasteiger partial charge < -0.3 is 9.47 Å². The SMILES string of the molecule is CCOC(=O)Nc1ccc(OC(=O)C2C(C=C(C)C)C2(C)C)cc1. The Morgan fingerprint density at radius 1 is 1.21 bits per heavy atom. The van der Waals surface area contributed by atoms with Gasteiger partial charge in [0, 0.05) is 5.69 Å². The fourth-order valence-electron chi connectivity index (χ4n) is 2.87. The number of amides is 1. The lowest BCUT2D eigenvalue weighted by molar-refractivity contribution is -0.136. The summed E-state index contributed by atoms with van der Waals surface area (Å²) in [7, 11) is 0. The number of nitrogens with one attached hydrogen (secondary N) is 1. The van der Waals surface area contributed by atoms with Crippen LogP contribution in [0, 0.1) is 17.3 Å². The Morgan fingerprint density at radius 3 is 2.38 bits per heavy atom. The molecule has 1 aliphatic carbocycles. The Labute approximate surface area is 143 Å². The van der Waals surface area contributed by atoms with Gasteiger partial charge in [-0.2, -0.15) is 0 Å². The van der Waals surface area contributed by atoms with Crippen LogP contribution in [0.15, 0.2) is 35.9 Å². The summed E-state index contributed by atoms with van der Waals surface area (Å²) in [6.07, 6.45) is 1.63. The van der Waals surface area contributed by atoms with Crippen molar-refractivity contribution >= 4 is 17.7 Å². The molecule has 1 aromatic rings. The molecule has 24 heavy (non-hydrogen) atoms. The molecular formula is C19H25NO4. The van der Waals surface area contributed by atoms with Gasteiger partial charge in [0.1, 0.15) is 5.75 Å². The highest BCUT2D eigenvalue weighted by Gasteiger charge is 2.61. The van der Waals surface area contributed by atoms with Crippen molar-refractivity contribution in [2.45, 2.75) is 34.6 Å². The van der Waals surface area contributed by atoms with Crippen molar-refractivity contribution < 1.29 is 19.1 Å². The molecule has 0 spiro atoms. The molecule has 1 saturated carbocycles. The molecule has 1 aromatic carbocycles. The van der Waals surface area contributed by atoms with E-state index in [1.807, 2.05) is 13.8 Å². The molecule has 5 heteroatoms. The molecule has 0 radical (unpaired) electrons. The lowest BCUT2D eigenvalue weighted by Crippen LogP contribution is -2.14. The van der Waals surface area contributed by atoms with Crippen LogP contribution in [-0.4, -0.2) is 18.7 Å². The molecule has 0 aromatic heterocycles. The van der Waals surface area contributed by atoms with Crippen molar-refractivity contribution in [3.8, 4) is 5.75 Å². The first kappa shape index (κ1) is 18.0. The van der Waals surface area contributed by atoms with E-state index in [9.17, 15) is 9.59 Å². The van der Waals surface area contributed by atoms with Gasteiger partial charge in [0.2, 0.25) is 0 Å². The predicted molar refractivity (Wildman–Crippen MR) is 92.9 cm³/mol. The Balaban J connectivity index is 1.96. The van der Waals surface area contributed by atoms with Gasteiger partial charge in [0.05, 0.1) is 12.5 Å². The van der Waals surface area contributed by atoms with Crippen LogP contribution in [0.2, 0.25) is 0 Å². The third-order valence-electron chi connectivity index (χ3n) is 4.27. The minimum absolute atomic E-state index is 0.0697. The highest BCUT2D eigenvalue weighted by atomic mass is 16.5. The minimum Gasteiger partial charge on any atom is -0.450 e. The standard InChI is InChI=1S/C19H25NO4/c1-6-23-18(22)20-13-7-9-14(10-8-13)24-17(21)16-15(11-12(2)3)19(16,4)5/h7-11,15-16H,6H2,1-5H3,(H,20,22). The number of carbonyl (C=O) groups excluding carboxylic acids is 2. The van der Waals surface area contributed by atoms with Gasteiger partial charge in [0.25, 0.3) is 0 Å². The van der Waals surface area contributed by atoms with E-state index in [0.717, 1.165) is 0 Å². The summed E-state index contributed by atoms with van der Waals surface area (Å²) in [6, 6.07) is 6.66. The number of ether oxygens (including phenoxy) is 2. The molecule has 130 valence electrons. The quantitative estimate of drug-likeness (QED) is 0.493. The van der Waals surface area contributed by atoms with Crippen molar-refractivity contribution in [1.82, 2.24) is 0 Å². The van der Waals surface area contributed by atoms with Gasteiger partial charge in [0.15, 0.2) is 0 Å². The molecule has 0 bridgehead atoms. The van der Waals surface area contributed by atoms with Crippen LogP contribution in [0.1, 0.15) is 34.6 Å². The number of anilines is 1. The smallest absolute Gasteiger partial charge is 0.411 e. The van der Waals surface area contributed by atoms with Crippen molar-refractivity contribution in [2.75, 3.05) is 11.9 Å². The number of rotatable bonds is 5. The Bertz CT molecular complexity index is 642. The van der Waals surface area contributed by atoms with Crippen molar-refractivity contribution in [3.05, 3.63) is 35.9 Å². The first-order valence-corrected chi connectivity index (χ1v) is 8.16. The zero-order chi connectivity index (χ0) is 17.9. The predicted octanol–water partition coefficient (Wildman–Crippen LogP) is 4.40. The largest absolute Gasteiger partial charge is 0.450 e. The van der Waals surface area contributed by atoms with E-state index < -0.39 is 6.09 Å². The Morgan fingerprint density at radius 2 is 1.83 bits per heavy atom. The monoisotopic (exact) mass is 331 g/mol. The van der Waals surface area contributed by atoms with Gasteiger partial charge in [-0.3, -0.25) is 10.1 Å². The van der Waals surface area contributed by atoms with E-state index >= 15 is 0 Å². The van der Waals surface area contributed by atoms with Gasteiger partial charge in [-0.1, -0.05) is 25.5 Å². The number of allylic oxidation sites excluding steroid dienone is 2. The number of esters is 1. The summed E-state index contributed by atoms with van der Waals surface area (Å²) in [5.74, 6) is 0.353. The molecule has 0 heterocycles. The second-order valence-electron chi connectivity index (χ2n) is 6.86. The second-order valence-corrected chi connectivity index (χ2v) is 6.86. The maximum atomic E-state index is 12.4. The fraction of sp³-hybridized carbons (Fsp3) is 0.474. The summed E-state index contributed by atoms with van der Waals surface area (Å²) in [4.78, 5) is 23.7. The van der Waals surface area contributed by atoms with Crippen LogP contribution in [0.4, 0.5) is 10.5 Å². The third-order valence-corrected chi connectivity index (χ3v) is 4.27. The number of hydrogen-bond donors (Lipinski definition) is 1. The maximum absolute atomic E-state index is 12.4. The average molecular weight is 331 g/mol. The highest BCUT2D eigenvalue weighted by Crippen LogP contribution is 2.59. The van der Waals surface area contributed by atoms with Gasteiger partial charge >= 0.3 is 12.1 Å². The zero-order valence-corrected chi connectivity index (χ0v) is 14.9. The van der Waals surface area contributed by atoms with Crippen LogP contribution in [-0.2, 0) is 9.53 Å². The van der Waals surface area contributed by atoms with Gasteiger partial charge in [-0.05, 0) is 56.4 Å². The van der Waals surface area contributed by atoms with E-state index in [-0.39, 0.29) is 23.2 Å². The second kappa shape index (κ2) is 7.07. The molecule has 2 unspecified atom stereocenters. The van der Waals surface area contributed by atoms with E-state index in [1.54, 1.807) is 31.2 Å². The van der Waals surface area contributed by atoms with E-state index in [2.05, 4.69) is 25.2 Å². The van der Waals surface area contributed by atoms with Crippen LogP contribution in [0.3, 0.4) is 0 Å². The molecule has 1 N–H and O–H groups in total. The number of carbonyl (C=O) groups is 2. The molecule has 2 atom stereocenters. The lowest BCUT2D eigenvalue weighted by atomic mass is 10.1. The number of hydrogen-bond acceptors (Lipinski definition) is 4. The van der Waals surface area contributed by atoms with E-state index in [0.29, 0.717) is 18.0 Å². The van der Waals surface area contributed by atoms with Gasteiger partial charge in [-0.25, -0.2) is 4.79 Å². The van der Waals surface area contributed by atoms with Crippen molar-refractivity contribution in [2.24, 2.45) is 17.3 Å². The molecule has 1 amide bonds. The first-order chi connectivity index (χ1) is 11.3. The molecule has 2 rings (SSSR count).